The van der Waals surface area contributed by atoms with Gasteiger partial charge in [-0.05, 0) is 53.9 Å². The number of carbonyl (C=O) groups is 1. The van der Waals surface area contributed by atoms with E-state index in [1.807, 2.05) is 42.5 Å². The summed E-state index contributed by atoms with van der Waals surface area (Å²) < 4.78 is 32.7. The number of benzene rings is 3. The number of fused-ring (bicyclic) bond motifs is 1. The van der Waals surface area contributed by atoms with E-state index >= 15 is 0 Å². The van der Waals surface area contributed by atoms with Crippen LogP contribution in [0.3, 0.4) is 0 Å². The van der Waals surface area contributed by atoms with Crippen LogP contribution in [-0.2, 0) is 10.0 Å². The van der Waals surface area contributed by atoms with Crippen molar-refractivity contribution < 1.29 is 17.9 Å². The third-order valence-electron chi connectivity index (χ3n) is 5.26. The van der Waals surface area contributed by atoms with Crippen molar-refractivity contribution in [1.29, 1.82) is 0 Å². The molecule has 0 aromatic heterocycles. The number of sulfonamides is 1. The van der Waals surface area contributed by atoms with E-state index in [0.29, 0.717) is 18.8 Å². The van der Waals surface area contributed by atoms with Crippen LogP contribution in [0.1, 0.15) is 23.2 Å². The van der Waals surface area contributed by atoms with Gasteiger partial charge in [0.2, 0.25) is 10.0 Å². The van der Waals surface area contributed by atoms with Crippen LogP contribution in [0.25, 0.3) is 10.8 Å². The summed E-state index contributed by atoms with van der Waals surface area (Å²) in [5.74, 6) is 0.273. The molecule has 1 aliphatic rings. The molecule has 1 amide bonds. The molecule has 0 bridgehead atoms. The molecule has 0 spiro atoms. The van der Waals surface area contributed by atoms with Gasteiger partial charge in [-0.15, -0.1) is 0 Å². The summed E-state index contributed by atoms with van der Waals surface area (Å²) in [6.07, 6.45) is 1.69. The average molecular weight is 459 g/mol. The topological polar surface area (TPSA) is 75.7 Å². The first kappa shape index (κ1) is 21.6. The quantitative estimate of drug-likeness (QED) is 0.541. The predicted molar refractivity (Wildman–Crippen MR) is 121 cm³/mol. The first-order valence-electron chi connectivity index (χ1n) is 10.1. The number of hydrogen-bond donors (Lipinski definition) is 1. The maximum absolute atomic E-state index is 12.8. The van der Waals surface area contributed by atoms with Gasteiger partial charge in [0.25, 0.3) is 5.91 Å². The van der Waals surface area contributed by atoms with Crippen molar-refractivity contribution >= 4 is 38.3 Å². The molecule has 3 aromatic rings. The summed E-state index contributed by atoms with van der Waals surface area (Å²) in [7, 11) is -3.62. The van der Waals surface area contributed by atoms with Gasteiger partial charge in [-0.3, -0.25) is 4.79 Å². The van der Waals surface area contributed by atoms with E-state index in [-0.39, 0.29) is 28.6 Å². The number of nitrogens with one attached hydrogen (secondary N) is 1. The summed E-state index contributed by atoms with van der Waals surface area (Å²) in [4.78, 5) is 12.7. The monoisotopic (exact) mass is 458 g/mol. The van der Waals surface area contributed by atoms with E-state index in [1.165, 1.54) is 22.5 Å². The van der Waals surface area contributed by atoms with E-state index in [0.717, 1.165) is 23.6 Å². The zero-order valence-electron chi connectivity index (χ0n) is 16.9. The largest absolute Gasteiger partial charge is 0.492 e. The summed E-state index contributed by atoms with van der Waals surface area (Å²) in [5, 5.41) is 5.14. The Morgan fingerprint density at radius 2 is 1.74 bits per heavy atom. The third-order valence-corrected chi connectivity index (χ3v) is 7.49. The van der Waals surface area contributed by atoms with Crippen LogP contribution in [0.4, 0.5) is 0 Å². The lowest BCUT2D eigenvalue weighted by molar-refractivity contribution is 0.0947. The maximum Gasteiger partial charge on any atom is 0.252 e. The lowest BCUT2D eigenvalue weighted by atomic mass is 10.1. The molecular weight excluding hydrogens is 436 g/mol. The van der Waals surface area contributed by atoms with Crippen molar-refractivity contribution in [2.24, 2.45) is 0 Å². The molecule has 0 radical (unpaired) electrons. The highest BCUT2D eigenvalue weighted by Crippen LogP contribution is 2.25. The van der Waals surface area contributed by atoms with Crippen molar-refractivity contribution in [3.05, 3.63) is 71.2 Å². The number of hydrogen-bond acceptors (Lipinski definition) is 4. The van der Waals surface area contributed by atoms with Crippen LogP contribution < -0.4 is 10.1 Å². The van der Waals surface area contributed by atoms with Gasteiger partial charge in [0.15, 0.2) is 0 Å². The van der Waals surface area contributed by atoms with Crippen molar-refractivity contribution in [2.45, 2.75) is 17.7 Å². The minimum absolute atomic E-state index is 0.0800. The summed E-state index contributed by atoms with van der Waals surface area (Å²) >= 11 is 6.16. The normalized spacial score (nSPS) is 14.6. The Labute approximate surface area is 186 Å². The molecule has 162 valence electrons. The molecule has 0 atom stereocenters. The first-order chi connectivity index (χ1) is 14.9. The van der Waals surface area contributed by atoms with Crippen LogP contribution in [0.2, 0.25) is 5.02 Å². The molecule has 0 saturated carbocycles. The number of nitrogens with zero attached hydrogens (tertiary/aromatic N) is 1. The van der Waals surface area contributed by atoms with Gasteiger partial charge in [-0.25, -0.2) is 8.42 Å². The molecule has 1 aliphatic heterocycles. The number of ether oxygens (including phenoxy) is 1. The molecule has 31 heavy (non-hydrogen) atoms. The first-order valence-corrected chi connectivity index (χ1v) is 12.0. The van der Waals surface area contributed by atoms with Crippen molar-refractivity contribution in [2.75, 3.05) is 26.2 Å². The van der Waals surface area contributed by atoms with Crippen LogP contribution >= 0.6 is 11.6 Å². The van der Waals surface area contributed by atoms with Gasteiger partial charge in [-0.2, -0.15) is 4.31 Å². The highest BCUT2D eigenvalue weighted by atomic mass is 35.5. The molecule has 1 N–H and O–H groups in total. The number of amides is 1. The van der Waals surface area contributed by atoms with E-state index in [4.69, 9.17) is 16.3 Å². The van der Waals surface area contributed by atoms with Gasteiger partial charge in [-0.1, -0.05) is 41.9 Å². The van der Waals surface area contributed by atoms with E-state index in [2.05, 4.69) is 5.32 Å². The lowest BCUT2D eigenvalue weighted by Gasteiger charge is -2.16. The van der Waals surface area contributed by atoms with Crippen LogP contribution in [0, 0.1) is 0 Å². The van der Waals surface area contributed by atoms with Gasteiger partial charge in [0.05, 0.1) is 22.0 Å². The molecule has 3 aromatic carbocycles. The lowest BCUT2D eigenvalue weighted by Crippen LogP contribution is -2.30. The molecule has 1 fully saturated rings. The third kappa shape index (κ3) is 4.84. The molecular formula is C23H23ClN2O4S. The van der Waals surface area contributed by atoms with Gasteiger partial charge >= 0.3 is 0 Å². The van der Waals surface area contributed by atoms with Gasteiger partial charge in [0, 0.05) is 13.1 Å². The van der Waals surface area contributed by atoms with E-state index < -0.39 is 15.9 Å². The molecule has 8 heteroatoms. The van der Waals surface area contributed by atoms with Gasteiger partial charge in [0.1, 0.15) is 12.4 Å². The van der Waals surface area contributed by atoms with Crippen LogP contribution in [0.5, 0.6) is 5.75 Å². The second-order valence-corrected chi connectivity index (χ2v) is 9.71. The Bertz CT molecular complexity index is 1210. The average Bonchev–Trinajstić information content (AvgIpc) is 3.32. The zero-order valence-corrected chi connectivity index (χ0v) is 18.5. The van der Waals surface area contributed by atoms with Crippen molar-refractivity contribution in [3.8, 4) is 5.75 Å². The fourth-order valence-corrected chi connectivity index (χ4v) is 5.35. The minimum Gasteiger partial charge on any atom is -0.492 e. The Balaban J connectivity index is 1.37. The van der Waals surface area contributed by atoms with E-state index in [1.54, 1.807) is 0 Å². The molecule has 0 unspecified atom stereocenters. The van der Waals surface area contributed by atoms with Crippen LogP contribution in [0.15, 0.2) is 65.6 Å². The molecule has 1 saturated heterocycles. The minimum atomic E-state index is -3.62. The standard InChI is InChI=1S/C23H23ClN2O4S/c24-22-10-9-20(31(28,29)26-12-3-4-13-26)16-21(22)23(27)25-11-14-30-19-8-7-17-5-1-2-6-18(17)15-19/h1-2,5-10,15-16H,3-4,11-14H2,(H,25,27). The highest BCUT2D eigenvalue weighted by molar-refractivity contribution is 7.89. The van der Waals surface area contributed by atoms with Crippen molar-refractivity contribution in [3.63, 3.8) is 0 Å². The number of halogens is 1. The highest BCUT2D eigenvalue weighted by Gasteiger charge is 2.28. The SMILES string of the molecule is O=C(NCCOc1ccc2ccccc2c1)c1cc(S(=O)(=O)N2CCCC2)ccc1Cl. The Morgan fingerprint density at radius 1 is 1.00 bits per heavy atom. The Morgan fingerprint density at radius 3 is 2.52 bits per heavy atom. The van der Waals surface area contributed by atoms with Crippen molar-refractivity contribution in [1.82, 2.24) is 9.62 Å². The second-order valence-electron chi connectivity index (χ2n) is 7.37. The van der Waals surface area contributed by atoms with E-state index in [9.17, 15) is 13.2 Å². The smallest absolute Gasteiger partial charge is 0.252 e. The fraction of sp³-hybridized carbons (Fsp3) is 0.261. The molecule has 0 aliphatic carbocycles. The summed E-state index contributed by atoms with van der Waals surface area (Å²) in [5.41, 5.74) is 0.132. The zero-order chi connectivity index (χ0) is 21.8. The fourth-order valence-electron chi connectivity index (χ4n) is 3.60. The number of carbonyl (C=O) groups excluding carboxylic acids is 1. The molecule has 6 nitrogen and oxygen atoms in total. The molecule has 4 rings (SSSR count). The Hall–Kier alpha value is -2.61. The summed E-state index contributed by atoms with van der Waals surface area (Å²) in [6.45, 7) is 1.52. The van der Waals surface area contributed by atoms with Gasteiger partial charge < -0.3 is 10.1 Å². The molecule has 1 heterocycles. The Kier molecular flexibility index (Phi) is 6.46. The second kappa shape index (κ2) is 9.26. The summed E-state index contributed by atoms with van der Waals surface area (Å²) in [6, 6.07) is 18.0. The maximum atomic E-state index is 12.8. The predicted octanol–water partition coefficient (Wildman–Crippen LogP) is 4.09. The van der Waals surface area contributed by atoms with Crippen LogP contribution in [-0.4, -0.2) is 44.9 Å². The number of rotatable bonds is 7.